The summed E-state index contributed by atoms with van der Waals surface area (Å²) >= 11 is 0. The average Bonchev–Trinajstić information content (AvgIpc) is 2.71. The van der Waals surface area contributed by atoms with Gasteiger partial charge in [-0.25, -0.2) is 14.4 Å². The molecule has 0 saturated heterocycles. The van der Waals surface area contributed by atoms with E-state index < -0.39 is 34.6 Å². The molecule has 0 amide bonds. The molecule has 0 aliphatic heterocycles. The van der Waals surface area contributed by atoms with Gasteiger partial charge in [0.1, 0.15) is 23.3 Å². The summed E-state index contributed by atoms with van der Waals surface area (Å²) < 4.78 is 13.2. The Hall–Kier alpha value is -3.98. The van der Waals surface area contributed by atoms with E-state index in [9.17, 15) is 14.4 Å². The van der Waals surface area contributed by atoms with Crippen molar-refractivity contribution in [3.8, 4) is 12.1 Å². The summed E-state index contributed by atoms with van der Waals surface area (Å²) in [7, 11) is 7.13. The molecule has 0 spiro atoms. The van der Waals surface area contributed by atoms with E-state index in [0.717, 1.165) is 39.6 Å². The molecular weight excluding hydrogens is 368 g/mol. The molecule has 10 nitrogen and oxygen atoms in total. The van der Waals surface area contributed by atoms with Crippen molar-refractivity contribution < 1.29 is 33.9 Å². The molecule has 28 heavy (non-hydrogen) atoms. The molecule has 0 aromatic carbocycles. The number of ether oxygens (including phenoxy) is 3. The van der Waals surface area contributed by atoms with Gasteiger partial charge >= 0.3 is 17.9 Å². The van der Waals surface area contributed by atoms with Crippen LogP contribution < -0.4 is 5.32 Å². The minimum absolute atomic E-state index is 0.147. The van der Waals surface area contributed by atoms with Crippen LogP contribution in [0.25, 0.3) is 5.41 Å². The van der Waals surface area contributed by atoms with Crippen molar-refractivity contribution in [2.24, 2.45) is 0 Å². The van der Waals surface area contributed by atoms with Gasteiger partial charge in [0, 0.05) is 0 Å². The number of nitrogens with two attached hydrogens (primary N) is 1. The van der Waals surface area contributed by atoms with Gasteiger partial charge in [-0.1, -0.05) is 0 Å². The maximum Gasteiger partial charge on any atom is 0.348 e. The van der Waals surface area contributed by atoms with E-state index in [4.69, 9.17) is 15.9 Å². The lowest BCUT2D eigenvalue weighted by Gasteiger charge is -2.03. The van der Waals surface area contributed by atoms with Gasteiger partial charge in [-0.2, -0.15) is 10.5 Å². The number of nitriles is 2. The minimum atomic E-state index is -0.991. The van der Waals surface area contributed by atoms with Gasteiger partial charge in [-0.3, -0.25) is 5.87 Å². The Morgan fingerprint density at radius 2 is 1.18 bits per heavy atom. The Labute approximate surface area is 162 Å². The SMILES string of the molecule is COC(=O)C(=C=[N-])C=C(/C=C(\C#N)C(=O)OC)/C=C(\C#N)C(=O)OC.C[NH2+]C. The van der Waals surface area contributed by atoms with E-state index in [1.807, 2.05) is 19.4 Å². The molecule has 0 atom stereocenters. The highest BCUT2D eigenvalue weighted by Gasteiger charge is 2.14. The quantitative estimate of drug-likeness (QED) is 0.156. The summed E-state index contributed by atoms with van der Waals surface area (Å²) in [6.07, 6.45) is 2.81. The number of hydrogen-bond acceptors (Lipinski definition) is 8. The van der Waals surface area contributed by atoms with Crippen LogP contribution >= 0.6 is 0 Å². The second-order valence-electron chi connectivity index (χ2n) is 4.56. The fourth-order valence-electron chi connectivity index (χ4n) is 1.37. The molecule has 2 N–H and O–H groups in total. The molecule has 0 aliphatic carbocycles. The lowest BCUT2D eigenvalue weighted by atomic mass is 10.1. The Morgan fingerprint density at radius 1 is 0.821 bits per heavy atom. The fourth-order valence-corrected chi connectivity index (χ4v) is 1.37. The third kappa shape index (κ3) is 9.49. The van der Waals surface area contributed by atoms with E-state index in [-0.39, 0.29) is 5.57 Å². The van der Waals surface area contributed by atoms with E-state index in [2.05, 4.69) is 14.2 Å². The number of methoxy groups -OCH3 is 3. The van der Waals surface area contributed by atoms with Crippen LogP contribution in [-0.2, 0) is 28.6 Å². The number of hydrogen-bond donors (Lipinski definition) is 1. The van der Waals surface area contributed by atoms with E-state index >= 15 is 0 Å². The summed E-state index contributed by atoms with van der Waals surface area (Å²) in [5.41, 5.74) is -1.62. The number of nitrogens with zero attached hydrogens (tertiary/aromatic N) is 3. The molecule has 0 aromatic heterocycles. The van der Waals surface area contributed by atoms with Gasteiger partial charge in [-0.05, 0) is 23.8 Å². The molecule has 0 saturated carbocycles. The van der Waals surface area contributed by atoms with Crippen molar-refractivity contribution in [1.82, 2.24) is 0 Å². The fraction of sp³-hybridized carbons (Fsp3) is 0.278. The van der Waals surface area contributed by atoms with Crippen molar-refractivity contribution in [1.29, 1.82) is 10.5 Å². The zero-order chi connectivity index (χ0) is 22.1. The monoisotopic (exact) mass is 388 g/mol. The van der Waals surface area contributed by atoms with Crippen molar-refractivity contribution in [2.45, 2.75) is 0 Å². The van der Waals surface area contributed by atoms with E-state index in [1.54, 1.807) is 18.0 Å². The van der Waals surface area contributed by atoms with Gasteiger partial charge < -0.3 is 24.9 Å². The van der Waals surface area contributed by atoms with Crippen molar-refractivity contribution in [2.75, 3.05) is 35.4 Å². The van der Waals surface area contributed by atoms with Crippen molar-refractivity contribution in [3.05, 3.63) is 45.9 Å². The Balaban J connectivity index is 0. The number of rotatable bonds is 6. The topological polar surface area (TPSA) is 165 Å². The summed E-state index contributed by atoms with van der Waals surface area (Å²) in [4.78, 5) is 34.5. The standard InChI is InChI=1S/C16H12N3O6.C2H7N/c1-23-14(20)11(7-17)4-10(5-12(8-18)15(21)24-2)6-13(9-19)16(22)25-3;1-3-2/h4-6H,1-3H3;3H,1-2H3/q-1;/p+1/b11-4+,12-5+;. The zero-order valence-corrected chi connectivity index (χ0v) is 16.1. The predicted octanol–water partition coefficient (Wildman–Crippen LogP) is -0.693. The van der Waals surface area contributed by atoms with Crippen LogP contribution in [0.3, 0.4) is 0 Å². The highest BCUT2D eigenvalue weighted by molar-refractivity contribution is 6.02. The number of carbonyl (C=O) groups is 3. The highest BCUT2D eigenvalue weighted by atomic mass is 16.5. The molecule has 148 valence electrons. The summed E-state index contributed by atoms with van der Waals surface area (Å²) in [6.45, 7) is 0. The molecule has 0 bridgehead atoms. The number of carbonyl (C=O) groups excluding carboxylic acids is 3. The first-order valence-corrected chi connectivity index (χ1v) is 7.51. The van der Waals surface area contributed by atoms with Crippen LogP contribution in [0.4, 0.5) is 0 Å². The average molecular weight is 388 g/mol. The summed E-state index contributed by atoms with van der Waals surface area (Å²) in [5, 5.41) is 28.9. The van der Waals surface area contributed by atoms with Crippen LogP contribution in [0.15, 0.2) is 40.5 Å². The van der Waals surface area contributed by atoms with Gasteiger partial charge in [0.2, 0.25) is 0 Å². The van der Waals surface area contributed by atoms with Crippen LogP contribution in [0.2, 0.25) is 0 Å². The third-order valence-electron chi connectivity index (χ3n) is 2.51. The predicted molar refractivity (Wildman–Crippen MR) is 97.2 cm³/mol. The molecule has 10 heteroatoms. The van der Waals surface area contributed by atoms with Crippen LogP contribution in [0.5, 0.6) is 0 Å². The third-order valence-corrected chi connectivity index (χ3v) is 2.51. The maximum absolute atomic E-state index is 11.5. The molecule has 0 heterocycles. The largest absolute Gasteiger partial charge is 0.763 e. The Bertz CT molecular complexity index is 772. The zero-order valence-electron chi connectivity index (χ0n) is 16.1. The number of esters is 3. The second kappa shape index (κ2) is 15.3. The van der Waals surface area contributed by atoms with Crippen molar-refractivity contribution in [3.63, 3.8) is 0 Å². The lowest BCUT2D eigenvalue weighted by Crippen LogP contribution is -2.74. The highest BCUT2D eigenvalue weighted by Crippen LogP contribution is 2.13. The van der Waals surface area contributed by atoms with Gasteiger partial charge in [0.25, 0.3) is 0 Å². The number of allylic oxidation sites excluding steroid dienone is 3. The molecule has 0 unspecified atom stereocenters. The number of quaternary nitrogens is 1. The molecule has 0 rings (SSSR count). The van der Waals surface area contributed by atoms with Gasteiger partial charge in [0.15, 0.2) is 0 Å². The van der Waals surface area contributed by atoms with E-state index in [1.165, 1.54) is 0 Å². The summed E-state index contributed by atoms with van der Waals surface area (Å²) in [5.74, 6) is -1.41. The van der Waals surface area contributed by atoms with Crippen LogP contribution in [-0.4, -0.2) is 59.2 Å². The van der Waals surface area contributed by atoms with E-state index in [0.29, 0.717) is 0 Å². The molecule has 0 aliphatic rings. The smallest absolute Gasteiger partial charge is 0.348 e. The lowest BCUT2D eigenvalue weighted by molar-refractivity contribution is -0.597. The molecule has 0 aromatic rings. The normalized spacial score (nSPS) is 9.82. The first-order chi connectivity index (χ1) is 13.3. The Kier molecular flexibility index (Phi) is 14.3. The van der Waals surface area contributed by atoms with Crippen molar-refractivity contribution >= 4 is 23.8 Å². The van der Waals surface area contributed by atoms with Gasteiger partial charge in [-0.15, -0.1) is 0 Å². The Morgan fingerprint density at radius 3 is 1.43 bits per heavy atom. The van der Waals surface area contributed by atoms with Gasteiger partial charge in [0.05, 0.1) is 41.0 Å². The van der Waals surface area contributed by atoms with Crippen LogP contribution in [0.1, 0.15) is 0 Å². The first kappa shape index (κ1) is 26.3. The second-order valence-corrected chi connectivity index (χ2v) is 4.56. The first-order valence-electron chi connectivity index (χ1n) is 7.51. The molecular formula is C18H20N4O6. The molecule has 0 radical (unpaired) electrons. The van der Waals surface area contributed by atoms with Crippen LogP contribution in [0, 0.1) is 22.7 Å². The molecule has 0 fully saturated rings. The summed E-state index contributed by atoms with van der Waals surface area (Å²) in [6, 6.07) is 3.12. The maximum atomic E-state index is 11.5. The minimum Gasteiger partial charge on any atom is -0.763 e.